The first-order valence-corrected chi connectivity index (χ1v) is 7.60. The molecular formula is C18H27N. The third-order valence-electron chi connectivity index (χ3n) is 4.70. The summed E-state index contributed by atoms with van der Waals surface area (Å²) < 4.78 is 0. The molecule has 1 saturated carbocycles. The minimum atomic E-state index is 0.356. The molecule has 0 bridgehead atoms. The topological polar surface area (TPSA) is 12.4 Å². The Morgan fingerprint density at radius 3 is 2.53 bits per heavy atom. The van der Waals surface area contributed by atoms with E-state index in [0.29, 0.717) is 11.3 Å². The highest BCUT2D eigenvalue weighted by atomic mass is 14.7. The Balaban J connectivity index is 2.36. The number of rotatable bonds is 4. The molecule has 0 radical (unpaired) electrons. The van der Waals surface area contributed by atoms with E-state index in [9.17, 15) is 0 Å². The first-order valence-electron chi connectivity index (χ1n) is 7.60. The number of hydrogen-bond acceptors (Lipinski definition) is 1. The predicted molar refractivity (Wildman–Crippen MR) is 84.3 cm³/mol. The smallest absolute Gasteiger partial charge is 0.0276 e. The van der Waals surface area contributed by atoms with Crippen molar-refractivity contribution in [1.82, 2.24) is 0 Å². The summed E-state index contributed by atoms with van der Waals surface area (Å²) in [6, 6.07) is 9.28. The molecule has 0 N–H and O–H groups in total. The van der Waals surface area contributed by atoms with Crippen LogP contribution >= 0.6 is 0 Å². The van der Waals surface area contributed by atoms with E-state index in [1.54, 1.807) is 5.56 Å². The Morgan fingerprint density at radius 2 is 1.95 bits per heavy atom. The van der Waals surface area contributed by atoms with E-state index in [-0.39, 0.29) is 0 Å². The molecule has 104 valence electrons. The van der Waals surface area contributed by atoms with Gasteiger partial charge in [0, 0.05) is 18.2 Å². The van der Waals surface area contributed by atoms with E-state index in [1.165, 1.54) is 37.0 Å². The molecule has 1 aromatic rings. The van der Waals surface area contributed by atoms with Gasteiger partial charge in [0.25, 0.3) is 0 Å². The highest BCUT2D eigenvalue weighted by Crippen LogP contribution is 2.44. The average Bonchev–Trinajstić information content (AvgIpc) is 2.88. The fraction of sp³-hybridized carbons (Fsp3) is 0.611. The molecule has 1 aliphatic carbocycles. The lowest BCUT2D eigenvalue weighted by atomic mass is 9.74. The van der Waals surface area contributed by atoms with E-state index >= 15 is 0 Å². The van der Waals surface area contributed by atoms with Gasteiger partial charge in [-0.2, -0.15) is 0 Å². The van der Waals surface area contributed by atoms with Crippen LogP contribution in [0.1, 0.15) is 69.9 Å². The van der Waals surface area contributed by atoms with Crippen LogP contribution in [-0.2, 0) is 5.41 Å². The summed E-state index contributed by atoms with van der Waals surface area (Å²) in [6.07, 6.45) is 6.50. The zero-order valence-electron chi connectivity index (χ0n) is 12.9. The molecule has 2 rings (SSSR count). The summed E-state index contributed by atoms with van der Waals surface area (Å²) in [5.41, 5.74) is 4.65. The van der Waals surface area contributed by atoms with E-state index < -0.39 is 0 Å². The van der Waals surface area contributed by atoms with Gasteiger partial charge in [0.15, 0.2) is 0 Å². The van der Waals surface area contributed by atoms with E-state index in [4.69, 9.17) is 0 Å². The molecule has 1 aliphatic rings. The van der Waals surface area contributed by atoms with Crippen molar-refractivity contribution in [3.8, 4) is 0 Å². The quantitative estimate of drug-likeness (QED) is 0.665. The minimum Gasteiger partial charge on any atom is -0.298 e. The van der Waals surface area contributed by atoms with Crippen molar-refractivity contribution in [2.24, 2.45) is 4.99 Å². The van der Waals surface area contributed by atoms with Crippen molar-refractivity contribution in [3.63, 3.8) is 0 Å². The molecule has 0 heterocycles. The van der Waals surface area contributed by atoms with Crippen molar-refractivity contribution in [2.45, 2.75) is 64.2 Å². The van der Waals surface area contributed by atoms with Crippen molar-refractivity contribution >= 4 is 5.71 Å². The van der Waals surface area contributed by atoms with Gasteiger partial charge in [-0.15, -0.1) is 0 Å². The Hall–Kier alpha value is -1.11. The Morgan fingerprint density at radius 1 is 1.26 bits per heavy atom. The van der Waals surface area contributed by atoms with Crippen LogP contribution in [0.15, 0.2) is 29.3 Å². The maximum Gasteiger partial charge on any atom is 0.0276 e. The molecular weight excluding hydrogens is 230 g/mol. The summed E-state index contributed by atoms with van der Waals surface area (Å²) in [5.74, 6) is 0.611. The SMILES string of the molecule is CN=C(C)CC1(c2cccc(C(C)C)c2)CCCC1. The highest BCUT2D eigenvalue weighted by molar-refractivity contribution is 5.83. The Labute approximate surface area is 118 Å². The van der Waals surface area contributed by atoms with Gasteiger partial charge >= 0.3 is 0 Å². The van der Waals surface area contributed by atoms with Gasteiger partial charge < -0.3 is 0 Å². The predicted octanol–water partition coefficient (Wildman–Crippen LogP) is 5.10. The van der Waals surface area contributed by atoms with Gasteiger partial charge in [-0.3, -0.25) is 4.99 Å². The van der Waals surface area contributed by atoms with Crippen molar-refractivity contribution < 1.29 is 0 Å². The summed E-state index contributed by atoms with van der Waals surface area (Å²) in [6.45, 7) is 6.73. The van der Waals surface area contributed by atoms with E-state index in [1.807, 2.05) is 7.05 Å². The summed E-state index contributed by atoms with van der Waals surface area (Å²) >= 11 is 0. The Kier molecular flexibility index (Phi) is 4.44. The zero-order valence-corrected chi connectivity index (χ0v) is 12.9. The molecule has 0 saturated heterocycles. The van der Waals surface area contributed by atoms with Crippen LogP contribution in [0.2, 0.25) is 0 Å². The normalized spacial score (nSPS) is 19.1. The van der Waals surface area contributed by atoms with Crippen LogP contribution in [0, 0.1) is 0 Å². The second-order valence-corrected chi connectivity index (χ2v) is 6.40. The van der Waals surface area contributed by atoms with Crippen LogP contribution in [0.3, 0.4) is 0 Å². The van der Waals surface area contributed by atoms with Crippen molar-refractivity contribution in [2.75, 3.05) is 7.05 Å². The van der Waals surface area contributed by atoms with Gasteiger partial charge in [0.2, 0.25) is 0 Å². The third kappa shape index (κ3) is 3.08. The average molecular weight is 257 g/mol. The van der Waals surface area contributed by atoms with Gasteiger partial charge in [-0.1, -0.05) is 51.0 Å². The summed E-state index contributed by atoms with van der Waals surface area (Å²) in [4.78, 5) is 4.40. The van der Waals surface area contributed by atoms with Gasteiger partial charge in [-0.25, -0.2) is 0 Å². The number of hydrogen-bond donors (Lipinski definition) is 0. The highest BCUT2D eigenvalue weighted by Gasteiger charge is 2.36. The molecule has 0 atom stereocenters. The minimum absolute atomic E-state index is 0.356. The second kappa shape index (κ2) is 5.90. The van der Waals surface area contributed by atoms with Gasteiger partial charge in [-0.05, 0) is 43.2 Å². The van der Waals surface area contributed by atoms with Crippen LogP contribution in [0.5, 0.6) is 0 Å². The third-order valence-corrected chi connectivity index (χ3v) is 4.70. The maximum absolute atomic E-state index is 4.40. The molecule has 19 heavy (non-hydrogen) atoms. The second-order valence-electron chi connectivity index (χ2n) is 6.40. The standard InChI is InChI=1S/C18H27N/c1-14(2)16-8-7-9-17(12-16)18(10-5-6-11-18)13-15(3)19-4/h7-9,12,14H,5-6,10-11,13H2,1-4H3. The molecule has 1 aromatic carbocycles. The molecule has 1 fully saturated rings. The Bertz CT molecular complexity index is 451. The lowest BCUT2D eigenvalue weighted by Crippen LogP contribution is -2.25. The maximum atomic E-state index is 4.40. The fourth-order valence-electron chi connectivity index (χ4n) is 3.42. The van der Waals surface area contributed by atoms with Crippen LogP contribution in [0.25, 0.3) is 0 Å². The lowest BCUT2D eigenvalue weighted by Gasteiger charge is -2.30. The van der Waals surface area contributed by atoms with Gasteiger partial charge in [0.1, 0.15) is 0 Å². The van der Waals surface area contributed by atoms with Crippen molar-refractivity contribution in [1.29, 1.82) is 0 Å². The van der Waals surface area contributed by atoms with Crippen molar-refractivity contribution in [3.05, 3.63) is 35.4 Å². The lowest BCUT2D eigenvalue weighted by molar-refractivity contribution is 0.457. The number of benzene rings is 1. The molecule has 0 unspecified atom stereocenters. The monoisotopic (exact) mass is 257 g/mol. The molecule has 0 spiro atoms. The molecule has 0 aliphatic heterocycles. The van der Waals surface area contributed by atoms with E-state index in [0.717, 1.165) is 6.42 Å². The zero-order chi connectivity index (χ0) is 13.9. The molecule has 1 nitrogen and oxygen atoms in total. The van der Waals surface area contributed by atoms with Crippen LogP contribution in [-0.4, -0.2) is 12.8 Å². The molecule has 0 amide bonds. The molecule has 0 aromatic heterocycles. The number of nitrogens with zero attached hydrogens (tertiary/aromatic N) is 1. The number of aliphatic imine (C=N–C) groups is 1. The summed E-state index contributed by atoms with van der Waals surface area (Å²) in [5, 5.41) is 0. The van der Waals surface area contributed by atoms with E-state index in [2.05, 4.69) is 50.0 Å². The first-order chi connectivity index (χ1) is 9.07. The first kappa shape index (κ1) is 14.3. The van der Waals surface area contributed by atoms with Gasteiger partial charge in [0.05, 0.1) is 0 Å². The van der Waals surface area contributed by atoms with Crippen LogP contribution < -0.4 is 0 Å². The molecule has 1 heteroatoms. The summed E-state index contributed by atoms with van der Waals surface area (Å²) in [7, 11) is 1.92. The van der Waals surface area contributed by atoms with Crippen LogP contribution in [0.4, 0.5) is 0 Å². The fourth-order valence-corrected chi connectivity index (χ4v) is 3.42. The largest absolute Gasteiger partial charge is 0.298 e.